The van der Waals surface area contributed by atoms with E-state index in [-0.39, 0.29) is 28.7 Å². The minimum atomic E-state index is -3.70. The lowest BCUT2D eigenvalue weighted by molar-refractivity contribution is -0.136. The molecule has 1 fully saturated rings. The molecule has 2 amide bonds. The minimum absolute atomic E-state index is 0.144. The summed E-state index contributed by atoms with van der Waals surface area (Å²) in [5.74, 6) is -1.16. The molecule has 0 radical (unpaired) electrons. The van der Waals surface area contributed by atoms with Gasteiger partial charge in [-0.3, -0.25) is 9.59 Å². The maximum atomic E-state index is 13.2. The van der Waals surface area contributed by atoms with Crippen LogP contribution in [0.4, 0.5) is 5.69 Å². The van der Waals surface area contributed by atoms with Gasteiger partial charge >= 0.3 is 11.8 Å². The number of para-hydroxylation sites is 1. The van der Waals surface area contributed by atoms with Crippen molar-refractivity contribution in [2.24, 2.45) is 0 Å². The Hall–Kier alpha value is -3.42. The van der Waals surface area contributed by atoms with E-state index in [4.69, 9.17) is 10.00 Å². The molecule has 174 valence electrons. The number of amides is 2. The molecule has 1 aliphatic rings. The summed E-state index contributed by atoms with van der Waals surface area (Å²) in [7, 11) is -2.18. The van der Waals surface area contributed by atoms with Crippen LogP contribution in [-0.2, 0) is 19.6 Å². The molecule has 0 aliphatic carbocycles. The lowest BCUT2D eigenvalue weighted by Gasteiger charge is -2.34. The van der Waals surface area contributed by atoms with Gasteiger partial charge in [0.1, 0.15) is 11.8 Å². The van der Waals surface area contributed by atoms with Crippen LogP contribution in [0.3, 0.4) is 0 Å². The second-order valence-corrected chi connectivity index (χ2v) is 9.49. The smallest absolute Gasteiger partial charge is 0.313 e. The van der Waals surface area contributed by atoms with Crippen LogP contribution < -0.4 is 15.4 Å². The highest BCUT2D eigenvalue weighted by Crippen LogP contribution is 2.28. The molecule has 2 aromatic rings. The predicted molar refractivity (Wildman–Crippen MR) is 122 cm³/mol. The van der Waals surface area contributed by atoms with Crippen LogP contribution in [0.5, 0.6) is 5.75 Å². The number of piperidine rings is 1. The van der Waals surface area contributed by atoms with Crippen molar-refractivity contribution in [1.82, 2.24) is 9.62 Å². The predicted octanol–water partition coefficient (Wildman–Crippen LogP) is 2.26. The van der Waals surface area contributed by atoms with Crippen LogP contribution in [0, 0.1) is 11.3 Å². The Morgan fingerprint density at radius 2 is 1.85 bits per heavy atom. The summed E-state index contributed by atoms with van der Waals surface area (Å²) < 4.78 is 32.9. The van der Waals surface area contributed by atoms with E-state index in [1.165, 1.54) is 35.7 Å². The first-order valence-corrected chi connectivity index (χ1v) is 12.0. The Morgan fingerprint density at radius 1 is 1.12 bits per heavy atom. The number of rotatable bonds is 7. The number of nitrogens with one attached hydrogen (secondary N) is 2. The molecule has 0 aromatic heterocycles. The van der Waals surface area contributed by atoms with E-state index in [0.29, 0.717) is 25.1 Å². The fourth-order valence-corrected chi connectivity index (χ4v) is 5.49. The van der Waals surface area contributed by atoms with E-state index < -0.39 is 21.8 Å². The number of benzene rings is 2. The molecule has 1 heterocycles. The summed E-state index contributed by atoms with van der Waals surface area (Å²) in [5.41, 5.74) is 0.504. The Labute approximate surface area is 193 Å². The number of carbonyl (C=O) groups excluding carboxylic acids is 2. The highest BCUT2D eigenvalue weighted by molar-refractivity contribution is 7.89. The number of nitrogens with zero attached hydrogens (tertiary/aromatic N) is 2. The van der Waals surface area contributed by atoms with Gasteiger partial charge in [-0.05, 0) is 55.7 Å². The van der Waals surface area contributed by atoms with E-state index in [1.807, 2.05) is 6.07 Å². The average Bonchev–Trinajstić information content (AvgIpc) is 2.84. The van der Waals surface area contributed by atoms with Crippen molar-refractivity contribution in [3.05, 3.63) is 54.1 Å². The minimum Gasteiger partial charge on any atom is -0.497 e. The van der Waals surface area contributed by atoms with Gasteiger partial charge in [0.05, 0.1) is 23.3 Å². The zero-order valence-electron chi connectivity index (χ0n) is 18.3. The Kier molecular flexibility index (Phi) is 8.03. The monoisotopic (exact) mass is 470 g/mol. The SMILES string of the molecule is COc1ccc(S(=O)(=O)N2CCCC[C@H]2CCNC(=O)C(=O)Nc2ccccc2C#N)cc1. The van der Waals surface area contributed by atoms with Crippen molar-refractivity contribution in [2.45, 2.75) is 36.6 Å². The highest BCUT2D eigenvalue weighted by Gasteiger charge is 2.33. The number of carbonyl (C=O) groups is 2. The van der Waals surface area contributed by atoms with Gasteiger partial charge in [0, 0.05) is 19.1 Å². The summed E-state index contributed by atoms with van der Waals surface area (Å²) in [4.78, 5) is 24.6. The molecular weight excluding hydrogens is 444 g/mol. The van der Waals surface area contributed by atoms with Crippen LogP contribution in [0.1, 0.15) is 31.2 Å². The van der Waals surface area contributed by atoms with Gasteiger partial charge in [0.25, 0.3) is 0 Å². The third kappa shape index (κ3) is 5.88. The van der Waals surface area contributed by atoms with Gasteiger partial charge in [-0.2, -0.15) is 9.57 Å². The molecule has 0 saturated carbocycles. The summed E-state index contributed by atoms with van der Waals surface area (Å²) in [6.45, 7) is 0.545. The molecule has 1 aliphatic heterocycles. The second-order valence-electron chi connectivity index (χ2n) is 7.60. The molecule has 2 aromatic carbocycles. The fraction of sp³-hybridized carbons (Fsp3) is 0.348. The topological polar surface area (TPSA) is 129 Å². The van der Waals surface area contributed by atoms with Crippen LogP contribution >= 0.6 is 0 Å². The molecule has 1 saturated heterocycles. The second kappa shape index (κ2) is 10.9. The number of ether oxygens (including phenoxy) is 1. The Balaban J connectivity index is 1.59. The first-order valence-electron chi connectivity index (χ1n) is 10.6. The first-order chi connectivity index (χ1) is 15.9. The molecule has 0 unspecified atom stereocenters. The van der Waals surface area contributed by atoms with Crippen molar-refractivity contribution < 1.29 is 22.7 Å². The highest BCUT2D eigenvalue weighted by atomic mass is 32.2. The maximum Gasteiger partial charge on any atom is 0.313 e. The largest absolute Gasteiger partial charge is 0.497 e. The lowest BCUT2D eigenvalue weighted by atomic mass is 10.0. The van der Waals surface area contributed by atoms with E-state index >= 15 is 0 Å². The first kappa shape index (κ1) is 24.2. The van der Waals surface area contributed by atoms with Crippen molar-refractivity contribution in [1.29, 1.82) is 5.26 Å². The number of sulfonamides is 1. The zero-order valence-corrected chi connectivity index (χ0v) is 19.1. The van der Waals surface area contributed by atoms with Gasteiger partial charge in [-0.25, -0.2) is 8.42 Å². The summed E-state index contributed by atoms with van der Waals surface area (Å²) in [6.07, 6.45) is 2.70. The van der Waals surface area contributed by atoms with Crippen molar-refractivity contribution in [3.8, 4) is 11.8 Å². The van der Waals surface area contributed by atoms with Gasteiger partial charge in [-0.15, -0.1) is 0 Å². The van der Waals surface area contributed by atoms with Crippen molar-refractivity contribution >= 4 is 27.5 Å². The number of nitriles is 1. The van der Waals surface area contributed by atoms with Gasteiger partial charge in [-0.1, -0.05) is 18.6 Å². The van der Waals surface area contributed by atoms with Crippen molar-refractivity contribution in [3.63, 3.8) is 0 Å². The van der Waals surface area contributed by atoms with Gasteiger partial charge in [0.2, 0.25) is 10.0 Å². The van der Waals surface area contributed by atoms with Crippen molar-refractivity contribution in [2.75, 3.05) is 25.5 Å². The van der Waals surface area contributed by atoms with E-state index in [0.717, 1.165) is 12.8 Å². The summed E-state index contributed by atoms with van der Waals surface area (Å²) in [5, 5.41) is 14.1. The van der Waals surface area contributed by atoms with E-state index in [2.05, 4.69) is 10.6 Å². The Morgan fingerprint density at radius 3 is 2.55 bits per heavy atom. The summed E-state index contributed by atoms with van der Waals surface area (Å²) in [6, 6.07) is 14.3. The molecule has 0 spiro atoms. The van der Waals surface area contributed by atoms with Gasteiger partial charge in [0.15, 0.2) is 0 Å². The molecule has 3 rings (SSSR count). The fourth-order valence-electron chi connectivity index (χ4n) is 3.76. The molecule has 10 heteroatoms. The van der Waals surface area contributed by atoms with Crippen LogP contribution in [0.15, 0.2) is 53.4 Å². The molecule has 33 heavy (non-hydrogen) atoms. The van der Waals surface area contributed by atoms with Crippen LogP contribution in [0.25, 0.3) is 0 Å². The molecule has 1 atom stereocenters. The molecule has 0 bridgehead atoms. The molecule has 9 nitrogen and oxygen atoms in total. The number of methoxy groups -OCH3 is 1. The zero-order chi connectivity index (χ0) is 23.8. The number of hydrogen-bond donors (Lipinski definition) is 2. The van der Waals surface area contributed by atoms with Crippen LogP contribution in [-0.4, -0.2) is 50.8 Å². The summed E-state index contributed by atoms with van der Waals surface area (Å²) >= 11 is 0. The van der Waals surface area contributed by atoms with E-state index in [9.17, 15) is 18.0 Å². The number of anilines is 1. The third-order valence-corrected chi connectivity index (χ3v) is 7.47. The number of hydrogen-bond acceptors (Lipinski definition) is 6. The van der Waals surface area contributed by atoms with Crippen LogP contribution in [0.2, 0.25) is 0 Å². The maximum absolute atomic E-state index is 13.2. The molecular formula is C23H26N4O5S. The standard InChI is InChI=1S/C23H26N4O5S/c1-32-19-9-11-20(12-10-19)33(30,31)27-15-5-4-7-18(27)13-14-25-22(28)23(29)26-21-8-3-2-6-17(21)16-24/h2-3,6,8-12,18H,4-5,7,13-15H2,1H3,(H,25,28)(H,26,29)/t18-/m0/s1. The van der Waals surface area contributed by atoms with E-state index in [1.54, 1.807) is 24.3 Å². The van der Waals surface area contributed by atoms with Gasteiger partial charge < -0.3 is 15.4 Å². The Bertz CT molecular complexity index is 1140. The lowest BCUT2D eigenvalue weighted by Crippen LogP contribution is -2.45. The average molecular weight is 471 g/mol. The third-order valence-electron chi connectivity index (χ3n) is 5.50. The molecule has 2 N–H and O–H groups in total. The normalized spacial score (nSPS) is 16.4. The quantitative estimate of drug-likeness (QED) is 0.597.